The first-order valence-corrected chi connectivity index (χ1v) is 10.5. The lowest BCUT2D eigenvalue weighted by atomic mass is 10.0. The summed E-state index contributed by atoms with van der Waals surface area (Å²) in [6.45, 7) is 8.76. The summed E-state index contributed by atoms with van der Waals surface area (Å²) in [6.07, 6.45) is 1.18. The number of hydrogen-bond acceptors (Lipinski definition) is 3. The smallest absolute Gasteiger partial charge is 0.407 e. The highest BCUT2D eigenvalue weighted by Gasteiger charge is 2.20. The molecule has 3 rings (SSSR count). The van der Waals surface area contributed by atoms with Crippen molar-refractivity contribution in [2.45, 2.75) is 39.2 Å². The molecule has 5 heteroatoms. The number of carbonyl (C=O) groups is 1. The highest BCUT2D eigenvalue weighted by Crippen LogP contribution is 2.19. The van der Waals surface area contributed by atoms with Crippen molar-refractivity contribution in [3.63, 3.8) is 0 Å². The van der Waals surface area contributed by atoms with Crippen LogP contribution in [0.3, 0.4) is 0 Å². The molecule has 5 nitrogen and oxygen atoms in total. The van der Waals surface area contributed by atoms with E-state index >= 15 is 0 Å². The fourth-order valence-corrected chi connectivity index (χ4v) is 3.58. The van der Waals surface area contributed by atoms with Gasteiger partial charge in [-0.3, -0.25) is 4.90 Å². The van der Waals surface area contributed by atoms with Crippen molar-refractivity contribution in [1.29, 1.82) is 0 Å². The van der Waals surface area contributed by atoms with Gasteiger partial charge in [0.25, 0.3) is 0 Å². The van der Waals surface area contributed by atoms with Gasteiger partial charge in [-0.15, -0.1) is 0 Å². The van der Waals surface area contributed by atoms with Crippen LogP contribution in [0.25, 0.3) is 0 Å². The minimum absolute atomic E-state index is 0.543. The molecule has 1 aliphatic rings. The second kappa shape index (κ2) is 10.3. The molecular formula is C24H32N2O3. The summed E-state index contributed by atoms with van der Waals surface area (Å²) in [4.78, 5) is 14.8. The van der Waals surface area contributed by atoms with Crippen LogP contribution in [0, 0.1) is 0 Å². The molecule has 1 aliphatic heterocycles. The zero-order valence-corrected chi connectivity index (χ0v) is 17.5. The fourth-order valence-electron chi connectivity index (χ4n) is 3.58. The Morgan fingerprint density at radius 3 is 2.17 bits per heavy atom. The summed E-state index contributed by atoms with van der Waals surface area (Å²) in [5.74, 6) is 1.48. The number of amides is 1. The quantitative estimate of drug-likeness (QED) is 0.662. The third-order valence-corrected chi connectivity index (χ3v) is 5.50. The third-order valence-electron chi connectivity index (χ3n) is 5.50. The average Bonchev–Trinajstić information content (AvgIpc) is 2.73. The molecule has 0 radical (unpaired) electrons. The van der Waals surface area contributed by atoms with Crippen molar-refractivity contribution >= 4 is 6.09 Å². The maximum absolute atomic E-state index is 11.0. The Labute approximate surface area is 173 Å². The molecule has 0 atom stereocenters. The second-order valence-electron chi connectivity index (χ2n) is 8.04. The zero-order chi connectivity index (χ0) is 20.6. The maximum Gasteiger partial charge on any atom is 0.407 e. The molecule has 0 unspecified atom stereocenters. The van der Waals surface area contributed by atoms with E-state index in [2.05, 4.69) is 67.3 Å². The lowest BCUT2D eigenvalue weighted by Crippen LogP contribution is -2.47. The number of rotatable bonds is 8. The molecule has 0 saturated carbocycles. The predicted molar refractivity (Wildman–Crippen MR) is 116 cm³/mol. The van der Waals surface area contributed by atoms with Crippen LogP contribution in [0.4, 0.5) is 4.79 Å². The van der Waals surface area contributed by atoms with E-state index in [9.17, 15) is 4.79 Å². The van der Waals surface area contributed by atoms with Crippen molar-refractivity contribution in [1.82, 2.24) is 9.80 Å². The van der Waals surface area contributed by atoms with Crippen LogP contribution in [0.1, 0.15) is 42.9 Å². The van der Waals surface area contributed by atoms with Crippen molar-refractivity contribution < 1.29 is 14.6 Å². The summed E-state index contributed by atoms with van der Waals surface area (Å²) < 4.78 is 5.86. The van der Waals surface area contributed by atoms with Crippen LogP contribution in [-0.2, 0) is 13.0 Å². The van der Waals surface area contributed by atoms with E-state index < -0.39 is 6.09 Å². The first-order chi connectivity index (χ1) is 14.0. The molecule has 0 bridgehead atoms. The highest BCUT2D eigenvalue weighted by molar-refractivity contribution is 5.65. The fraction of sp³-hybridized carbons (Fsp3) is 0.458. The van der Waals surface area contributed by atoms with Gasteiger partial charge in [-0.1, -0.05) is 50.2 Å². The number of benzene rings is 2. The highest BCUT2D eigenvalue weighted by atomic mass is 16.5. The van der Waals surface area contributed by atoms with Gasteiger partial charge in [-0.25, -0.2) is 4.79 Å². The summed E-state index contributed by atoms with van der Waals surface area (Å²) in [5.41, 5.74) is 3.93. The molecule has 2 aromatic carbocycles. The Morgan fingerprint density at radius 1 is 0.966 bits per heavy atom. The SMILES string of the molecule is CC(C)c1ccc(OCCCc2ccc(CN3CCN(C(=O)O)CC3)cc2)cc1. The zero-order valence-electron chi connectivity index (χ0n) is 17.5. The summed E-state index contributed by atoms with van der Waals surface area (Å²) in [6, 6.07) is 17.1. The Hall–Kier alpha value is -2.53. The van der Waals surface area contributed by atoms with Gasteiger partial charge in [0.1, 0.15) is 5.75 Å². The van der Waals surface area contributed by atoms with Gasteiger partial charge >= 0.3 is 6.09 Å². The third kappa shape index (κ3) is 6.50. The Balaban J connectivity index is 1.36. The first kappa shape index (κ1) is 21.2. The van der Waals surface area contributed by atoms with Crippen LogP contribution >= 0.6 is 0 Å². The molecule has 1 heterocycles. The number of carboxylic acid groups (broad SMARTS) is 1. The molecule has 0 aliphatic carbocycles. The van der Waals surface area contributed by atoms with Crippen molar-refractivity contribution in [3.05, 3.63) is 65.2 Å². The molecule has 156 valence electrons. The van der Waals surface area contributed by atoms with E-state index in [0.29, 0.717) is 19.0 Å². The average molecular weight is 397 g/mol. The molecule has 1 fully saturated rings. The second-order valence-corrected chi connectivity index (χ2v) is 8.04. The van der Waals surface area contributed by atoms with E-state index in [-0.39, 0.29) is 0 Å². The van der Waals surface area contributed by atoms with Crippen LogP contribution < -0.4 is 4.74 Å². The lowest BCUT2D eigenvalue weighted by Gasteiger charge is -2.33. The summed E-state index contributed by atoms with van der Waals surface area (Å²) in [5, 5.41) is 9.03. The monoisotopic (exact) mass is 396 g/mol. The molecular weight excluding hydrogens is 364 g/mol. The van der Waals surface area contributed by atoms with E-state index in [4.69, 9.17) is 9.84 Å². The predicted octanol–water partition coefficient (Wildman–Crippen LogP) is 4.62. The maximum atomic E-state index is 11.0. The van der Waals surface area contributed by atoms with Crippen molar-refractivity contribution in [3.8, 4) is 5.75 Å². The summed E-state index contributed by atoms with van der Waals surface area (Å²) in [7, 11) is 0. The van der Waals surface area contributed by atoms with Gasteiger partial charge in [0.2, 0.25) is 0 Å². The molecule has 1 saturated heterocycles. The van der Waals surface area contributed by atoms with Gasteiger partial charge in [-0.2, -0.15) is 0 Å². The minimum Gasteiger partial charge on any atom is -0.494 e. The molecule has 2 aromatic rings. The van der Waals surface area contributed by atoms with Gasteiger partial charge in [0, 0.05) is 32.7 Å². The van der Waals surface area contributed by atoms with Gasteiger partial charge in [-0.05, 0) is 47.6 Å². The Bertz CT molecular complexity index is 764. The summed E-state index contributed by atoms with van der Waals surface area (Å²) >= 11 is 0. The standard InChI is InChI=1S/C24H32N2O3/c1-19(2)22-9-11-23(12-10-22)29-17-3-4-20-5-7-21(8-6-20)18-25-13-15-26(16-14-25)24(27)28/h5-12,19H,3-4,13-18H2,1-2H3,(H,27,28). The van der Waals surface area contributed by atoms with Crippen LogP contribution in [0.5, 0.6) is 5.75 Å². The molecule has 1 N–H and O–H groups in total. The first-order valence-electron chi connectivity index (χ1n) is 10.5. The number of ether oxygens (including phenoxy) is 1. The Kier molecular flexibility index (Phi) is 7.53. The van der Waals surface area contributed by atoms with E-state index in [1.807, 2.05) is 0 Å². The van der Waals surface area contributed by atoms with E-state index in [1.54, 1.807) is 0 Å². The van der Waals surface area contributed by atoms with E-state index in [1.165, 1.54) is 21.6 Å². The van der Waals surface area contributed by atoms with Crippen molar-refractivity contribution in [2.24, 2.45) is 0 Å². The van der Waals surface area contributed by atoms with Crippen LogP contribution in [0.15, 0.2) is 48.5 Å². The number of hydrogen-bond donors (Lipinski definition) is 1. The number of aryl methyl sites for hydroxylation is 1. The van der Waals surface area contributed by atoms with E-state index in [0.717, 1.165) is 44.8 Å². The minimum atomic E-state index is -0.814. The molecule has 29 heavy (non-hydrogen) atoms. The number of piperazine rings is 1. The molecule has 0 aromatic heterocycles. The number of nitrogens with zero attached hydrogens (tertiary/aromatic N) is 2. The van der Waals surface area contributed by atoms with Gasteiger partial charge < -0.3 is 14.7 Å². The lowest BCUT2D eigenvalue weighted by molar-refractivity contribution is 0.103. The van der Waals surface area contributed by atoms with Gasteiger partial charge in [0.05, 0.1) is 6.61 Å². The van der Waals surface area contributed by atoms with Crippen LogP contribution in [0.2, 0.25) is 0 Å². The normalized spacial score (nSPS) is 14.9. The largest absolute Gasteiger partial charge is 0.494 e. The molecule has 0 spiro atoms. The topological polar surface area (TPSA) is 53.0 Å². The Morgan fingerprint density at radius 2 is 1.59 bits per heavy atom. The molecule has 1 amide bonds. The van der Waals surface area contributed by atoms with Crippen LogP contribution in [-0.4, -0.2) is 53.8 Å². The van der Waals surface area contributed by atoms with Gasteiger partial charge in [0.15, 0.2) is 0 Å². The van der Waals surface area contributed by atoms with Crippen molar-refractivity contribution in [2.75, 3.05) is 32.8 Å².